The number of nitrogens with one attached hydrogen (secondary N) is 1. The minimum atomic E-state index is 0.346. The third-order valence-electron chi connectivity index (χ3n) is 3.64. The molecule has 0 aromatic heterocycles. The van der Waals surface area contributed by atoms with Gasteiger partial charge in [0.15, 0.2) is 0 Å². The zero-order chi connectivity index (χ0) is 12.8. The van der Waals surface area contributed by atoms with E-state index >= 15 is 0 Å². The molecule has 0 aliphatic carbocycles. The van der Waals surface area contributed by atoms with Crippen molar-refractivity contribution in [2.45, 2.75) is 53.0 Å². The van der Waals surface area contributed by atoms with Crippen LogP contribution in [0.1, 0.15) is 47.0 Å². The molecule has 0 radical (unpaired) electrons. The largest absolute Gasteiger partial charge is 0.342 e. The maximum atomic E-state index is 12.0. The van der Waals surface area contributed by atoms with Crippen molar-refractivity contribution in [3.05, 3.63) is 0 Å². The molecule has 1 saturated heterocycles. The average molecular weight is 240 g/mol. The first-order chi connectivity index (χ1) is 8.00. The Morgan fingerprint density at radius 3 is 2.59 bits per heavy atom. The molecule has 0 aromatic rings. The monoisotopic (exact) mass is 240 g/mol. The van der Waals surface area contributed by atoms with Gasteiger partial charge in [-0.05, 0) is 31.2 Å². The Labute approximate surface area is 106 Å². The highest BCUT2D eigenvalue weighted by Gasteiger charge is 2.27. The van der Waals surface area contributed by atoms with Gasteiger partial charge in [0.1, 0.15) is 0 Å². The molecule has 1 aliphatic rings. The summed E-state index contributed by atoms with van der Waals surface area (Å²) in [6.45, 7) is 11.7. The molecule has 1 aliphatic heterocycles. The summed E-state index contributed by atoms with van der Waals surface area (Å²) >= 11 is 0. The molecule has 1 atom stereocenters. The second-order valence-electron chi connectivity index (χ2n) is 5.84. The molecule has 1 unspecified atom stereocenters. The van der Waals surface area contributed by atoms with Gasteiger partial charge in [-0.25, -0.2) is 0 Å². The van der Waals surface area contributed by atoms with Gasteiger partial charge in [-0.2, -0.15) is 0 Å². The molecule has 1 rings (SSSR count). The third kappa shape index (κ3) is 5.07. The second-order valence-corrected chi connectivity index (χ2v) is 5.84. The van der Waals surface area contributed by atoms with Crippen molar-refractivity contribution in [2.75, 3.05) is 19.6 Å². The van der Waals surface area contributed by atoms with Gasteiger partial charge in [0, 0.05) is 25.6 Å². The lowest BCUT2D eigenvalue weighted by molar-refractivity contribution is -0.130. The van der Waals surface area contributed by atoms with Gasteiger partial charge < -0.3 is 10.2 Å². The van der Waals surface area contributed by atoms with Crippen molar-refractivity contribution in [1.82, 2.24) is 10.2 Å². The van der Waals surface area contributed by atoms with Gasteiger partial charge >= 0.3 is 0 Å². The summed E-state index contributed by atoms with van der Waals surface area (Å²) in [7, 11) is 0. The summed E-state index contributed by atoms with van der Waals surface area (Å²) in [5.74, 6) is 1.77. The van der Waals surface area contributed by atoms with Crippen LogP contribution in [0.2, 0.25) is 0 Å². The van der Waals surface area contributed by atoms with Crippen LogP contribution in [0.15, 0.2) is 0 Å². The van der Waals surface area contributed by atoms with Crippen molar-refractivity contribution in [1.29, 1.82) is 0 Å². The molecule has 3 nitrogen and oxygen atoms in total. The fraction of sp³-hybridized carbons (Fsp3) is 0.929. The Hall–Kier alpha value is -0.570. The van der Waals surface area contributed by atoms with Crippen LogP contribution in [-0.2, 0) is 4.79 Å². The molecule has 3 heteroatoms. The van der Waals surface area contributed by atoms with Crippen molar-refractivity contribution >= 4 is 5.91 Å². The van der Waals surface area contributed by atoms with E-state index in [-0.39, 0.29) is 0 Å². The third-order valence-corrected chi connectivity index (χ3v) is 3.64. The van der Waals surface area contributed by atoms with E-state index in [1.165, 1.54) is 6.42 Å². The molecular formula is C14H28N2O. The number of carbonyl (C=O) groups excluding carboxylic acids is 1. The van der Waals surface area contributed by atoms with Crippen LogP contribution in [-0.4, -0.2) is 36.5 Å². The topological polar surface area (TPSA) is 32.3 Å². The zero-order valence-corrected chi connectivity index (χ0v) is 11.8. The smallest absolute Gasteiger partial charge is 0.222 e. The number of hydrogen-bond donors (Lipinski definition) is 1. The van der Waals surface area contributed by atoms with Gasteiger partial charge in [-0.15, -0.1) is 0 Å². The Morgan fingerprint density at radius 1 is 1.35 bits per heavy atom. The van der Waals surface area contributed by atoms with E-state index in [9.17, 15) is 4.79 Å². The van der Waals surface area contributed by atoms with Gasteiger partial charge in [0.25, 0.3) is 0 Å². The predicted octanol–water partition coefficient (Wildman–Crippen LogP) is 2.27. The fourth-order valence-corrected chi connectivity index (χ4v) is 2.35. The number of hydrogen-bond acceptors (Lipinski definition) is 2. The van der Waals surface area contributed by atoms with Crippen molar-refractivity contribution in [3.63, 3.8) is 0 Å². The quantitative estimate of drug-likeness (QED) is 0.722. The summed E-state index contributed by atoms with van der Waals surface area (Å²) in [6.07, 6.45) is 2.85. The van der Waals surface area contributed by atoms with Crippen LogP contribution >= 0.6 is 0 Å². The van der Waals surface area contributed by atoms with E-state index in [0.717, 1.165) is 26.1 Å². The number of likely N-dealkylation sites (tertiary alicyclic amines) is 1. The first-order valence-corrected chi connectivity index (χ1v) is 7.02. The minimum absolute atomic E-state index is 0.346. The molecule has 1 amide bonds. The molecule has 1 heterocycles. The Morgan fingerprint density at radius 2 is 2.06 bits per heavy atom. The van der Waals surface area contributed by atoms with Crippen LogP contribution < -0.4 is 5.32 Å². The second kappa shape index (κ2) is 7.00. The van der Waals surface area contributed by atoms with Gasteiger partial charge in [-0.1, -0.05) is 27.7 Å². The normalized spacial score (nSPS) is 20.6. The highest BCUT2D eigenvalue weighted by molar-refractivity contribution is 5.76. The van der Waals surface area contributed by atoms with E-state index in [1.807, 2.05) is 0 Å². The molecular weight excluding hydrogens is 212 g/mol. The average Bonchev–Trinajstić information content (AvgIpc) is 2.73. The van der Waals surface area contributed by atoms with Gasteiger partial charge in [0.2, 0.25) is 5.91 Å². The maximum Gasteiger partial charge on any atom is 0.222 e. The molecule has 0 spiro atoms. The fourth-order valence-electron chi connectivity index (χ4n) is 2.35. The SMILES string of the molecule is CC(C)NCCCC(=O)N1CCC(C(C)C)C1. The molecule has 0 saturated carbocycles. The Kier molecular flexibility index (Phi) is 5.96. The first-order valence-electron chi connectivity index (χ1n) is 7.02. The summed E-state index contributed by atoms with van der Waals surface area (Å²) in [5.41, 5.74) is 0. The first kappa shape index (κ1) is 14.5. The van der Waals surface area contributed by atoms with Crippen molar-refractivity contribution in [2.24, 2.45) is 11.8 Å². The highest BCUT2D eigenvalue weighted by Crippen LogP contribution is 2.24. The molecule has 1 N–H and O–H groups in total. The van der Waals surface area contributed by atoms with Crippen LogP contribution in [0, 0.1) is 11.8 Å². The van der Waals surface area contributed by atoms with E-state index in [4.69, 9.17) is 0 Å². The van der Waals surface area contributed by atoms with E-state index in [0.29, 0.717) is 30.2 Å². The zero-order valence-electron chi connectivity index (χ0n) is 11.8. The summed E-state index contributed by atoms with van der Waals surface area (Å²) in [6, 6.07) is 0.516. The van der Waals surface area contributed by atoms with Crippen LogP contribution in [0.25, 0.3) is 0 Å². The number of carbonyl (C=O) groups is 1. The van der Waals surface area contributed by atoms with Gasteiger partial charge in [-0.3, -0.25) is 4.79 Å². The lowest BCUT2D eigenvalue weighted by Gasteiger charge is -2.18. The van der Waals surface area contributed by atoms with E-state index in [2.05, 4.69) is 37.9 Å². The molecule has 100 valence electrons. The summed E-state index contributed by atoms with van der Waals surface area (Å²) in [4.78, 5) is 14.0. The van der Waals surface area contributed by atoms with Crippen LogP contribution in [0.3, 0.4) is 0 Å². The van der Waals surface area contributed by atoms with E-state index in [1.54, 1.807) is 0 Å². The van der Waals surface area contributed by atoms with Gasteiger partial charge in [0.05, 0.1) is 0 Å². The number of rotatable bonds is 6. The van der Waals surface area contributed by atoms with Crippen molar-refractivity contribution in [3.8, 4) is 0 Å². The molecule has 0 bridgehead atoms. The number of amides is 1. The predicted molar refractivity (Wildman–Crippen MR) is 71.9 cm³/mol. The van der Waals surface area contributed by atoms with Crippen LogP contribution in [0.5, 0.6) is 0 Å². The lowest BCUT2D eigenvalue weighted by Crippen LogP contribution is -2.30. The highest BCUT2D eigenvalue weighted by atomic mass is 16.2. The Balaban J connectivity index is 2.16. The summed E-state index contributed by atoms with van der Waals surface area (Å²) < 4.78 is 0. The summed E-state index contributed by atoms with van der Waals surface area (Å²) in [5, 5.41) is 3.35. The minimum Gasteiger partial charge on any atom is -0.342 e. The van der Waals surface area contributed by atoms with E-state index < -0.39 is 0 Å². The molecule has 17 heavy (non-hydrogen) atoms. The number of nitrogens with zero attached hydrogens (tertiary/aromatic N) is 1. The lowest BCUT2D eigenvalue weighted by atomic mass is 9.95. The standard InChI is InChI=1S/C14H28N2O/c1-11(2)13-7-9-16(10-13)14(17)6-5-8-15-12(3)4/h11-13,15H,5-10H2,1-4H3. The van der Waals surface area contributed by atoms with Crippen LogP contribution in [0.4, 0.5) is 0 Å². The Bertz CT molecular complexity index is 238. The van der Waals surface area contributed by atoms with Crippen molar-refractivity contribution < 1.29 is 4.79 Å². The molecule has 0 aromatic carbocycles. The maximum absolute atomic E-state index is 12.0. The molecule has 1 fully saturated rings.